The van der Waals surface area contributed by atoms with Gasteiger partial charge in [-0.2, -0.15) is 5.26 Å². The first kappa shape index (κ1) is 8.98. The topological polar surface area (TPSA) is 56.9 Å². The number of hydrogen-bond donors (Lipinski definition) is 1. The van der Waals surface area contributed by atoms with Gasteiger partial charge in [-0.25, -0.2) is 4.98 Å². The third-order valence-electron chi connectivity index (χ3n) is 1.55. The van der Waals surface area contributed by atoms with Crippen molar-refractivity contribution >= 4 is 11.6 Å². The van der Waals surface area contributed by atoms with E-state index in [4.69, 9.17) is 22.0 Å². The van der Waals surface area contributed by atoms with Crippen molar-refractivity contribution in [1.29, 1.82) is 5.26 Å². The van der Waals surface area contributed by atoms with Crippen LogP contribution in [0, 0.1) is 18.3 Å². The van der Waals surface area contributed by atoms with Gasteiger partial charge >= 0.3 is 0 Å². The Kier molecular flexibility index (Phi) is 2.64. The molecule has 0 radical (unpaired) electrons. The molecule has 3 nitrogen and oxygen atoms in total. The van der Waals surface area contributed by atoms with Gasteiger partial charge in [0.1, 0.15) is 6.07 Å². The van der Waals surface area contributed by atoms with Crippen molar-refractivity contribution in [2.75, 3.05) is 0 Å². The Morgan fingerprint density at radius 2 is 2.42 bits per heavy atom. The summed E-state index contributed by atoms with van der Waals surface area (Å²) in [5.41, 5.74) is 1.49. The number of aliphatic hydroxyl groups is 1. The van der Waals surface area contributed by atoms with E-state index in [0.29, 0.717) is 11.3 Å². The van der Waals surface area contributed by atoms with Crippen molar-refractivity contribution in [3.05, 3.63) is 28.0 Å². The van der Waals surface area contributed by atoms with Crippen LogP contribution in [0.25, 0.3) is 0 Å². The summed E-state index contributed by atoms with van der Waals surface area (Å²) < 4.78 is 0. The summed E-state index contributed by atoms with van der Waals surface area (Å²) in [6, 6.07) is 3.42. The maximum absolute atomic E-state index is 8.82. The normalized spacial score (nSPS) is 9.50. The van der Waals surface area contributed by atoms with Crippen molar-refractivity contribution in [3.63, 3.8) is 0 Å². The molecule has 62 valence electrons. The summed E-state index contributed by atoms with van der Waals surface area (Å²) in [7, 11) is 0. The SMILES string of the molecule is Cc1nc(C#N)c(Cl)cc1CO. The highest BCUT2D eigenvalue weighted by Gasteiger charge is 2.05. The van der Waals surface area contributed by atoms with E-state index in [-0.39, 0.29) is 17.3 Å². The van der Waals surface area contributed by atoms with Crippen LogP contribution in [-0.4, -0.2) is 10.1 Å². The van der Waals surface area contributed by atoms with Crippen LogP contribution >= 0.6 is 11.6 Å². The second-order valence-corrected chi connectivity index (χ2v) is 2.74. The minimum atomic E-state index is -0.107. The zero-order chi connectivity index (χ0) is 9.14. The maximum atomic E-state index is 8.82. The Morgan fingerprint density at radius 1 is 1.75 bits per heavy atom. The van der Waals surface area contributed by atoms with Crippen LogP contribution in [-0.2, 0) is 6.61 Å². The highest BCUT2D eigenvalue weighted by molar-refractivity contribution is 6.31. The lowest BCUT2D eigenvalue weighted by Gasteiger charge is -2.02. The lowest BCUT2D eigenvalue weighted by molar-refractivity contribution is 0.280. The molecule has 0 amide bonds. The van der Waals surface area contributed by atoms with Crippen molar-refractivity contribution in [2.45, 2.75) is 13.5 Å². The number of aryl methyl sites for hydroxylation is 1. The van der Waals surface area contributed by atoms with Crippen LogP contribution in [0.15, 0.2) is 6.07 Å². The molecular weight excluding hydrogens is 176 g/mol. The number of aliphatic hydroxyl groups excluding tert-OH is 1. The van der Waals surface area contributed by atoms with Crippen molar-refractivity contribution in [3.8, 4) is 6.07 Å². The van der Waals surface area contributed by atoms with Crippen molar-refractivity contribution in [1.82, 2.24) is 4.98 Å². The molecule has 0 aliphatic carbocycles. The first-order chi connectivity index (χ1) is 5.69. The van der Waals surface area contributed by atoms with Gasteiger partial charge in [0.05, 0.1) is 11.6 Å². The van der Waals surface area contributed by atoms with Crippen LogP contribution in [0.2, 0.25) is 5.02 Å². The second-order valence-electron chi connectivity index (χ2n) is 2.33. The summed E-state index contributed by atoms with van der Waals surface area (Å²) in [6.07, 6.45) is 0. The average Bonchev–Trinajstić information content (AvgIpc) is 2.08. The summed E-state index contributed by atoms with van der Waals surface area (Å²) >= 11 is 5.68. The summed E-state index contributed by atoms with van der Waals surface area (Å²) in [6.45, 7) is 1.62. The fourth-order valence-electron chi connectivity index (χ4n) is 0.857. The van der Waals surface area contributed by atoms with Gasteiger partial charge < -0.3 is 5.11 Å². The lowest BCUT2D eigenvalue weighted by atomic mass is 10.2. The fraction of sp³-hybridized carbons (Fsp3) is 0.250. The van der Waals surface area contributed by atoms with Crippen LogP contribution in [0.1, 0.15) is 17.0 Å². The molecule has 0 bridgehead atoms. The van der Waals surface area contributed by atoms with Gasteiger partial charge in [-0.05, 0) is 13.0 Å². The van der Waals surface area contributed by atoms with Gasteiger partial charge in [0.25, 0.3) is 0 Å². The molecule has 1 heterocycles. The molecule has 0 fully saturated rings. The number of nitriles is 1. The molecule has 0 atom stereocenters. The van der Waals surface area contributed by atoms with E-state index in [2.05, 4.69) is 4.98 Å². The quantitative estimate of drug-likeness (QED) is 0.715. The molecular formula is C8H7ClN2O. The molecule has 1 rings (SSSR count). The molecule has 12 heavy (non-hydrogen) atoms. The molecule has 0 aromatic carbocycles. The van der Waals surface area contributed by atoms with Crippen molar-refractivity contribution in [2.24, 2.45) is 0 Å². The van der Waals surface area contributed by atoms with Crippen LogP contribution in [0.3, 0.4) is 0 Å². The van der Waals surface area contributed by atoms with E-state index in [1.54, 1.807) is 13.0 Å². The van der Waals surface area contributed by atoms with E-state index in [0.717, 1.165) is 0 Å². The molecule has 4 heteroatoms. The standard InChI is InChI=1S/C8H7ClN2O/c1-5-6(4-12)2-7(9)8(3-10)11-5/h2,12H,4H2,1H3. The first-order valence-corrected chi connectivity index (χ1v) is 3.73. The molecule has 1 aromatic heterocycles. The minimum Gasteiger partial charge on any atom is -0.392 e. The number of aromatic nitrogens is 1. The van der Waals surface area contributed by atoms with Crippen molar-refractivity contribution < 1.29 is 5.11 Å². The average molecular weight is 183 g/mol. The first-order valence-electron chi connectivity index (χ1n) is 3.36. The van der Waals surface area contributed by atoms with Crippen LogP contribution in [0.4, 0.5) is 0 Å². The third-order valence-corrected chi connectivity index (χ3v) is 1.84. The molecule has 1 aromatic rings. The van der Waals surface area contributed by atoms with Crippen LogP contribution in [0.5, 0.6) is 0 Å². The zero-order valence-electron chi connectivity index (χ0n) is 6.50. The molecule has 0 saturated carbocycles. The molecule has 0 unspecified atom stereocenters. The minimum absolute atomic E-state index is 0.107. The Balaban J connectivity index is 3.28. The Morgan fingerprint density at radius 3 is 2.92 bits per heavy atom. The molecule has 0 saturated heterocycles. The monoisotopic (exact) mass is 182 g/mol. The summed E-state index contributed by atoms with van der Waals surface area (Å²) in [5, 5.41) is 17.7. The summed E-state index contributed by atoms with van der Waals surface area (Å²) in [4.78, 5) is 3.91. The van der Waals surface area contributed by atoms with E-state index < -0.39 is 0 Å². The smallest absolute Gasteiger partial charge is 0.159 e. The number of halogens is 1. The lowest BCUT2D eigenvalue weighted by Crippen LogP contribution is -1.95. The zero-order valence-corrected chi connectivity index (χ0v) is 7.26. The Hall–Kier alpha value is -1.11. The molecule has 0 aliphatic heterocycles. The largest absolute Gasteiger partial charge is 0.392 e. The third kappa shape index (κ3) is 1.55. The van der Waals surface area contributed by atoms with Gasteiger partial charge in [-0.1, -0.05) is 11.6 Å². The molecule has 0 aliphatic rings. The Labute approximate surface area is 75.2 Å². The second kappa shape index (κ2) is 3.53. The van der Waals surface area contributed by atoms with Gasteiger partial charge in [-0.3, -0.25) is 0 Å². The molecule has 1 N–H and O–H groups in total. The van der Waals surface area contributed by atoms with E-state index in [1.165, 1.54) is 0 Å². The van der Waals surface area contributed by atoms with E-state index >= 15 is 0 Å². The molecule has 0 spiro atoms. The van der Waals surface area contributed by atoms with Gasteiger partial charge in [-0.15, -0.1) is 0 Å². The van der Waals surface area contributed by atoms with Gasteiger partial charge in [0.15, 0.2) is 5.69 Å². The van der Waals surface area contributed by atoms with Crippen LogP contribution < -0.4 is 0 Å². The Bertz CT molecular complexity index is 343. The van der Waals surface area contributed by atoms with E-state index in [1.807, 2.05) is 6.07 Å². The highest BCUT2D eigenvalue weighted by Crippen LogP contribution is 2.17. The number of hydrogen-bond acceptors (Lipinski definition) is 3. The maximum Gasteiger partial charge on any atom is 0.159 e. The number of rotatable bonds is 1. The van der Waals surface area contributed by atoms with E-state index in [9.17, 15) is 0 Å². The van der Waals surface area contributed by atoms with Gasteiger partial charge in [0, 0.05) is 11.3 Å². The number of pyridine rings is 1. The predicted molar refractivity (Wildman–Crippen MR) is 44.6 cm³/mol. The van der Waals surface area contributed by atoms with Gasteiger partial charge in [0.2, 0.25) is 0 Å². The fourth-order valence-corrected chi connectivity index (χ4v) is 1.07. The summed E-state index contributed by atoms with van der Waals surface area (Å²) in [5.74, 6) is 0. The highest BCUT2D eigenvalue weighted by atomic mass is 35.5. The predicted octanol–water partition coefficient (Wildman–Crippen LogP) is 1.41. The number of nitrogens with zero attached hydrogens (tertiary/aromatic N) is 2.